The van der Waals surface area contributed by atoms with Gasteiger partial charge in [-0.3, -0.25) is 4.79 Å². The van der Waals surface area contributed by atoms with Crippen LogP contribution in [0.5, 0.6) is 0 Å². The van der Waals surface area contributed by atoms with Crippen LogP contribution in [0.15, 0.2) is 0 Å². The van der Waals surface area contributed by atoms with Gasteiger partial charge < -0.3 is 14.9 Å². The number of fused-ring (bicyclic) bond motifs is 5. The Bertz CT molecular complexity index is 805. The molecule has 1 unspecified atom stereocenters. The zero-order valence-electron chi connectivity index (χ0n) is 21.3. The van der Waals surface area contributed by atoms with Crippen molar-refractivity contribution in [2.45, 2.75) is 110 Å². The Hall–Kier alpha value is -0.450. The minimum absolute atomic E-state index is 0.164. The molecule has 5 aliphatic carbocycles. The Morgan fingerprint density at radius 3 is 2.52 bits per heavy atom. The second-order valence-electron chi connectivity index (χ2n) is 14.0. The maximum atomic E-state index is 12.2. The van der Waals surface area contributed by atoms with Gasteiger partial charge >= 0.3 is 0 Å². The lowest BCUT2D eigenvalue weighted by molar-refractivity contribution is -0.176. The average Bonchev–Trinajstić information content (AvgIpc) is 3.68. The first-order chi connectivity index (χ1) is 15.6. The van der Waals surface area contributed by atoms with Gasteiger partial charge in [0, 0.05) is 24.2 Å². The highest BCUT2D eigenvalue weighted by molar-refractivity contribution is 5.79. The first kappa shape index (κ1) is 23.0. The number of carbonyl (C=O) groups excluding carboxylic acids is 1. The van der Waals surface area contributed by atoms with Crippen LogP contribution < -0.4 is 0 Å². The van der Waals surface area contributed by atoms with Crippen LogP contribution >= 0.6 is 0 Å². The molecule has 2 N–H and O–H groups in total. The van der Waals surface area contributed by atoms with Crippen molar-refractivity contribution in [1.82, 2.24) is 0 Å². The van der Waals surface area contributed by atoms with Crippen LogP contribution in [0.1, 0.15) is 91.9 Å². The predicted octanol–water partition coefficient (Wildman–Crippen LogP) is 5.00. The molecule has 6 aliphatic rings. The summed E-state index contributed by atoms with van der Waals surface area (Å²) in [5.41, 5.74) is -0.384. The molecule has 4 nitrogen and oxygen atoms in total. The van der Waals surface area contributed by atoms with Crippen molar-refractivity contribution in [2.75, 3.05) is 6.61 Å². The van der Waals surface area contributed by atoms with Crippen LogP contribution in [0.2, 0.25) is 0 Å². The number of rotatable bonds is 5. The van der Waals surface area contributed by atoms with Crippen LogP contribution in [0, 0.1) is 58.2 Å². The van der Waals surface area contributed by atoms with Crippen molar-refractivity contribution in [3.63, 3.8) is 0 Å². The molecule has 0 bridgehead atoms. The molecule has 1 aliphatic heterocycles. The topological polar surface area (TPSA) is 70.1 Å². The number of Topliss-reactive ketones (excluding diaryl/α,β-unsaturated/α-hetero) is 1. The van der Waals surface area contributed by atoms with Crippen molar-refractivity contribution >= 4 is 5.78 Å². The number of hydrogen-bond donors (Lipinski definition) is 2. The largest absolute Gasteiger partial charge is 0.393 e. The minimum Gasteiger partial charge on any atom is -0.393 e. The average molecular weight is 459 g/mol. The Kier molecular flexibility index (Phi) is 5.24. The standard InChI is InChI=1S/C29H46O4/c1-16-11-21(16)17(2)12-26(32)29(15-33-29)24-8-7-22-20-6-5-18-13-19(30)9-10-27(18,3)23(20)14-25(31)28(22,24)4/h16-18,20-26,31-32H,5-15H2,1-4H3/t16?,17-,18-,20+,21+,22+,23+,24+,25-,26-,27+,28+,29+/m1/s1. The maximum Gasteiger partial charge on any atom is 0.133 e. The molecule has 1 saturated heterocycles. The zero-order valence-corrected chi connectivity index (χ0v) is 21.3. The molecule has 0 spiro atoms. The van der Waals surface area contributed by atoms with Crippen molar-refractivity contribution in [2.24, 2.45) is 58.2 Å². The van der Waals surface area contributed by atoms with Gasteiger partial charge in [-0.2, -0.15) is 0 Å². The second kappa shape index (κ2) is 7.53. The molecule has 0 aromatic rings. The van der Waals surface area contributed by atoms with E-state index < -0.39 is 11.7 Å². The van der Waals surface area contributed by atoms with Crippen LogP contribution in [0.4, 0.5) is 0 Å². The summed E-state index contributed by atoms with van der Waals surface area (Å²) in [6.07, 6.45) is 9.40. The summed E-state index contributed by atoms with van der Waals surface area (Å²) >= 11 is 0. The summed E-state index contributed by atoms with van der Waals surface area (Å²) in [5, 5.41) is 23.2. The lowest BCUT2D eigenvalue weighted by atomic mass is 9.43. The molecule has 6 rings (SSSR count). The van der Waals surface area contributed by atoms with Crippen molar-refractivity contribution in [1.29, 1.82) is 0 Å². The molecule has 1 heterocycles. The van der Waals surface area contributed by atoms with Gasteiger partial charge in [-0.15, -0.1) is 0 Å². The smallest absolute Gasteiger partial charge is 0.133 e. The quantitative estimate of drug-likeness (QED) is 0.569. The molecule has 13 atom stereocenters. The molecular formula is C29H46O4. The third-order valence-electron chi connectivity index (χ3n) is 12.7. The fourth-order valence-corrected chi connectivity index (χ4v) is 10.4. The monoisotopic (exact) mass is 458 g/mol. The Labute approximate surface area is 200 Å². The maximum absolute atomic E-state index is 12.2. The third kappa shape index (κ3) is 3.22. The number of aliphatic hydroxyl groups is 2. The highest BCUT2D eigenvalue weighted by Crippen LogP contribution is 2.70. The Balaban J connectivity index is 1.24. The first-order valence-corrected chi connectivity index (χ1v) is 14.1. The van der Waals surface area contributed by atoms with E-state index in [0.29, 0.717) is 42.0 Å². The van der Waals surface area contributed by atoms with E-state index in [1.54, 1.807) is 0 Å². The van der Waals surface area contributed by atoms with E-state index >= 15 is 0 Å². The van der Waals surface area contributed by atoms with Gasteiger partial charge in [0.2, 0.25) is 0 Å². The van der Waals surface area contributed by atoms with E-state index in [0.717, 1.165) is 56.8 Å². The van der Waals surface area contributed by atoms with E-state index in [9.17, 15) is 15.0 Å². The van der Waals surface area contributed by atoms with Crippen LogP contribution in [-0.2, 0) is 9.53 Å². The molecule has 33 heavy (non-hydrogen) atoms. The fraction of sp³-hybridized carbons (Fsp3) is 0.966. The lowest BCUT2D eigenvalue weighted by Gasteiger charge is -2.62. The van der Waals surface area contributed by atoms with Gasteiger partial charge in [-0.05, 0) is 98.2 Å². The molecule has 0 radical (unpaired) electrons. The normalized spacial score (nSPS) is 57.0. The van der Waals surface area contributed by atoms with Gasteiger partial charge in [0.1, 0.15) is 11.4 Å². The molecule has 186 valence electrons. The molecule has 0 aromatic heterocycles. The number of epoxide rings is 1. The number of ether oxygens (including phenoxy) is 1. The lowest BCUT2D eigenvalue weighted by Crippen LogP contribution is -2.60. The second-order valence-corrected chi connectivity index (χ2v) is 14.0. The van der Waals surface area contributed by atoms with Crippen molar-refractivity contribution in [3.8, 4) is 0 Å². The van der Waals surface area contributed by atoms with Gasteiger partial charge in [-0.25, -0.2) is 0 Å². The van der Waals surface area contributed by atoms with E-state index in [2.05, 4.69) is 27.7 Å². The number of carbonyl (C=O) groups is 1. The fourth-order valence-electron chi connectivity index (χ4n) is 10.4. The number of hydrogen-bond acceptors (Lipinski definition) is 4. The minimum atomic E-state index is -0.429. The molecule has 6 fully saturated rings. The number of ketones is 1. The SMILES string of the molecule is CC1C[C@@H]1[C@H](C)C[C@@H](O)[C@@]1([C@H]2CC[C@H]3[C@@H]4CC[C@@H]5CC(=O)CC[C@]5(C)[C@H]4C[C@@H](O)[C@]23C)CO1. The Morgan fingerprint density at radius 2 is 1.85 bits per heavy atom. The van der Waals surface area contributed by atoms with Crippen LogP contribution in [0.25, 0.3) is 0 Å². The van der Waals surface area contributed by atoms with E-state index in [4.69, 9.17) is 4.74 Å². The van der Waals surface area contributed by atoms with Gasteiger partial charge in [0.05, 0.1) is 18.8 Å². The van der Waals surface area contributed by atoms with Crippen LogP contribution in [-0.4, -0.2) is 40.4 Å². The molecule has 5 saturated carbocycles. The zero-order chi connectivity index (χ0) is 23.3. The Morgan fingerprint density at radius 1 is 1.12 bits per heavy atom. The van der Waals surface area contributed by atoms with Gasteiger partial charge in [0.25, 0.3) is 0 Å². The first-order valence-electron chi connectivity index (χ1n) is 14.1. The predicted molar refractivity (Wildman–Crippen MR) is 127 cm³/mol. The van der Waals surface area contributed by atoms with Crippen molar-refractivity contribution in [3.05, 3.63) is 0 Å². The summed E-state index contributed by atoms with van der Waals surface area (Å²) in [4.78, 5) is 12.2. The molecule has 4 heteroatoms. The van der Waals surface area contributed by atoms with Gasteiger partial charge in [-0.1, -0.05) is 27.7 Å². The molecule has 0 aromatic carbocycles. The molecule has 0 amide bonds. The summed E-state index contributed by atoms with van der Waals surface area (Å²) in [6, 6.07) is 0. The van der Waals surface area contributed by atoms with E-state index in [1.807, 2.05) is 0 Å². The highest BCUT2D eigenvalue weighted by atomic mass is 16.6. The highest BCUT2D eigenvalue weighted by Gasteiger charge is 2.71. The summed E-state index contributed by atoms with van der Waals surface area (Å²) in [5.74, 6) is 5.04. The van der Waals surface area contributed by atoms with Crippen molar-refractivity contribution < 1.29 is 19.7 Å². The van der Waals surface area contributed by atoms with Crippen LogP contribution in [0.3, 0.4) is 0 Å². The summed E-state index contributed by atoms with van der Waals surface area (Å²) in [6.45, 7) is 10.1. The third-order valence-corrected chi connectivity index (χ3v) is 12.7. The van der Waals surface area contributed by atoms with E-state index in [1.165, 1.54) is 19.3 Å². The van der Waals surface area contributed by atoms with Gasteiger partial charge in [0.15, 0.2) is 0 Å². The number of aliphatic hydroxyl groups excluding tert-OH is 2. The summed E-state index contributed by atoms with van der Waals surface area (Å²) in [7, 11) is 0. The van der Waals surface area contributed by atoms with E-state index in [-0.39, 0.29) is 22.9 Å². The summed E-state index contributed by atoms with van der Waals surface area (Å²) < 4.78 is 6.19. The molecular weight excluding hydrogens is 412 g/mol.